The lowest BCUT2D eigenvalue weighted by Gasteiger charge is -1.93. The van der Waals surface area contributed by atoms with E-state index >= 15 is 0 Å². The monoisotopic (exact) mass is 129 g/mol. The van der Waals surface area contributed by atoms with Crippen molar-refractivity contribution in [3.05, 3.63) is 0 Å². The van der Waals surface area contributed by atoms with Crippen molar-refractivity contribution in [3.8, 4) is 0 Å². The molecule has 0 aromatic carbocycles. The van der Waals surface area contributed by atoms with Crippen LogP contribution in [0.1, 0.15) is 0 Å². The molecule has 7 heavy (non-hydrogen) atoms. The molecular formula is CH4FNO3S. The Bertz CT molecular complexity index is 75.3. The molecule has 6 heteroatoms. The Morgan fingerprint density at radius 1 is 2.00 bits per heavy atom. The molecule has 2 atom stereocenters. The molecule has 0 spiro atoms. The van der Waals surface area contributed by atoms with Crippen molar-refractivity contribution >= 4 is 11.4 Å². The summed E-state index contributed by atoms with van der Waals surface area (Å²) in [5.41, 5.74) is 4.25. The fraction of sp³-hybridized carbons (Fsp3) is 1.00. The maximum Gasteiger partial charge on any atom is 0.305 e. The third kappa shape index (κ3) is 5.96. The van der Waals surface area contributed by atoms with Crippen LogP contribution in [0, 0.1) is 0 Å². The van der Waals surface area contributed by atoms with E-state index in [2.05, 4.69) is 9.92 Å². The van der Waals surface area contributed by atoms with Crippen LogP contribution in [0.5, 0.6) is 0 Å². The van der Waals surface area contributed by atoms with Crippen molar-refractivity contribution in [2.75, 3.05) is 0 Å². The molecule has 3 N–H and O–H groups in total. The molecule has 0 saturated carbocycles. The molecule has 0 aliphatic rings. The summed E-state index contributed by atoms with van der Waals surface area (Å²) in [5, 5.41) is 0. The average Bonchev–Trinajstić information content (AvgIpc) is 1.27. The maximum atomic E-state index is 11.2. The van der Waals surface area contributed by atoms with Gasteiger partial charge in [-0.3, -0.25) is 10.3 Å². The lowest BCUT2D eigenvalue weighted by molar-refractivity contribution is 0.0792. The molecule has 4 nitrogen and oxygen atoms in total. The van der Waals surface area contributed by atoms with Crippen LogP contribution in [0.15, 0.2) is 0 Å². The van der Waals surface area contributed by atoms with Crippen LogP contribution in [0.4, 0.5) is 4.39 Å². The second-order valence-corrected chi connectivity index (χ2v) is 1.29. The molecule has 44 valence electrons. The lowest BCUT2D eigenvalue weighted by atomic mass is 11.3. The quantitative estimate of drug-likeness (QED) is 0.295. The molecule has 0 bridgehead atoms. The van der Waals surface area contributed by atoms with E-state index in [1.54, 1.807) is 0 Å². The van der Waals surface area contributed by atoms with Gasteiger partial charge in [-0.05, 0) is 0 Å². The fourth-order valence-electron chi connectivity index (χ4n) is 0.0786. The number of hydrogen-bond donors (Lipinski definition) is 2. The van der Waals surface area contributed by atoms with Crippen LogP contribution >= 0.6 is 0 Å². The van der Waals surface area contributed by atoms with E-state index in [9.17, 15) is 8.60 Å². The Morgan fingerprint density at radius 2 is 2.43 bits per heavy atom. The summed E-state index contributed by atoms with van der Waals surface area (Å²) in [5.74, 6) is 0. The molecular weight excluding hydrogens is 125 g/mol. The van der Waals surface area contributed by atoms with Gasteiger partial charge in [0.15, 0.2) is 0 Å². The normalized spacial score (nSPS) is 18.7. The second-order valence-electron chi connectivity index (χ2n) is 0.664. The lowest BCUT2D eigenvalue weighted by Crippen LogP contribution is -2.18. The van der Waals surface area contributed by atoms with Gasteiger partial charge in [0.1, 0.15) is 0 Å². The first-order valence-electron chi connectivity index (χ1n) is 1.30. The highest BCUT2D eigenvalue weighted by Gasteiger charge is 1.99. The SMILES string of the molecule is NC(F)OS(=O)O. The van der Waals surface area contributed by atoms with E-state index in [1.807, 2.05) is 0 Å². The van der Waals surface area contributed by atoms with E-state index in [1.165, 1.54) is 0 Å². The third-order valence-corrected chi connectivity index (χ3v) is 0.523. The van der Waals surface area contributed by atoms with E-state index < -0.39 is 17.8 Å². The Labute approximate surface area is 41.9 Å². The summed E-state index contributed by atoms with van der Waals surface area (Å²) in [4.78, 5) is 0. The van der Waals surface area contributed by atoms with Crippen molar-refractivity contribution in [2.45, 2.75) is 6.48 Å². The van der Waals surface area contributed by atoms with Gasteiger partial charge in [-0.2, -0.15) is 8.60 Å². The minimum absolute atomic E-state index is 2.18. The van der Waals surface area contributed by atoms with E-state index in [0.717, 1.165) is 0 Å². The van der Waals surface area contributed by atoms with Crippen LogP contribution < -0.4 is 5.73 Å². The number of rotatable bonds is 2. The van der Waals surface area contributed by atoms with Crippen molar-refractivity contribution in [1.82, 2.24) is 0 Å². The maximum absolute atomic E-state index is 11.2. The van der Waals surface area contributed by atoms with Crippen molar-refractivity contribution in [1.29, 1.82) is 0 Å². The number of alkyl halides is 1. The average molecular weight is 129 g/mol. The highest BCUT2D eigenvalue weighted by Crippen LogP contribution is 1.84. The van der Waals surface area contributed by atoms with Crippen LogP contribution in [-0.4, -0.2) is 15.2 Å². The first-order chi connectivity index (χ1) is 3.13. The van der Waals surface area contributed by atoms with Crippen LogP contribution in [-0.2, 0) is 15.5 Å². The van der Waals surface area contributed by atoms with Gasteiger partial charge < -0.3 is 0 Å². The number of hydrogen-bond acceptors (Lipinski definition) is 3. The summed E-state index contributed by atoms with van der Waals surface area (Å²) < 4.78 is 31.6. The summed E-state index contributed by atoms with van der Waals surface area (Å²) >= 11 is -2.60. The fourth-order valence-corrected chi connectivity index (χ4v) is 0.236. The van der Waals surface area contributed by atoms with Gasteiger partial charge in [-0.25, -0.2) is 4.18 Å². The molecule has 0 fully saturated rings. The standard InChI is InChI=1S/CH4FNO3S/c2-1(3)6-7(4)5/h1H,3H2,(H,4,5). The van der Waals surface area contributed by atoms with Crippen LogP contribution in [0.25, 0.3) is 0 Å². The zero-order valence-electron chi connectivity index (χ0n) is 3.20. The number of halogens is 1. The number of nitrogens with two attached hydrogens (primary N) is 1. The van der Waals surface area contributed by atoms with Crippen LogP contribution in [0.2, 0.25) is 0 Å². The molecule has 0 rings (SSSR count). The zero-order chi connectivity index (χ0) is 5.86. The summed E-state index contributed by atoms with van der Waals surface area (Å²) in [6, 6.07) is 0. The molecule has 0 heterocycles. The Kier molecular flexibility index (Phi) is 3.01. The molecule has 2 unspecified atom stereocenters. The van der Waals surface area contributed by atoms with E-state index in [0.29, 0.717) is 0 Å². The molecule has 0 saturated heterocycles. The zero-order valence-corrected chi connectivity index (χ0v) is 4.02. The summed E-state index contributed by atoms with van der Waals surface area (Å²) in [6.07, 6.45) is 0. The topological polar surface area (TPSA) is 72.5 Å². The predicted molar refractivity (Wildman–Crippen MR) is 20.9 cm³/mol. The van der Waals surface area contributed by atoms with Crippen molar-refractivity contribution in [3.63, 3.8) is 0 Å². The minimum Gasteiger partial charge on any atom is -0.284 e. The molecule has 0 amide bonds. The molecule has 0 radical (unpaired) electrons. The van der Waals surface area contributed by atoms with Gasteiger partial charge >= 0.3 is 11.4 Å². The Morgan fingerprint density at radius 3 is 2.43 bits per heavy atom. The first kappa shape index (κ1) is 6.96. The summed E-state index contributed by atoms with van der Waals surface area (Å²) in [6.45, 7) is -2.18. The smallest absolute Gasteiger partial charge is 0.284 e. The van der Waals surface area contributed by atoms with Gasteiger partial charge in [0.25, 0.3) is 6.48 Å². The minimum atomic E-state index is -2.60. The summed E-state index contributed by atoms with van der Waals surface area (Å²) in [7, 11) is 0. The molecule has 0 aliphatic carbocycles. The third-order valence-electron chi connectivity index (χ3n) is 0.174. The largest absolute Gasteiger partial charge is 0.305 e. The molecule has 0 aromatic heterocycles. The van der Waals surface area contributed by atoms with E-state index in [4.69, 9.17) is 4.55 Å². The van der Waals surface area contributed by atoms with E-state index in [-0.39, 0.29) is 0 Å². The highest BCUT2D eigenvalue weighted by molar-refractivity contribution is 7.74. The predicted octanol–water partition coefficient (Wildman–Crippen LogP) is -0.649. The Hall–Kier alpha value is -0.0400. The molecule has 0 aliphatic heterocycles. The highest BCUT2D eigenvalue weighted by atomic mass is 32.2. The van der Waals surface area contributed by atoms with Crippen molar-refractivity contribution in [2.24, 2.45) is 5.73 Å². The van der Waals surface area contributed by atoms with Gasteiger partial charge in [-0.15, -0.1) is 0 Å². The Balaban J connectivity index is 3.13. The molecule has 0 aromatic rings. The van der Waals surface area contributed by atoms with Gasteiger partial charge in [0.05, 0.1) is 0 Å². The van der Waals surface area contributed by atoms with Gasteiger partial charge in [0, 0.05) is 0 Å². The first-order valence-corrected chi connectivity index (χ1v) is 2.33. The van der Waals surface area contributed by atoms with Gasteiger partial charge in [-0.1, -0.05) is 0 Å². The van der Waals surface area contributed by atoms with Gasteiger partial charge in [0.2, 0.25) is 0 Å². The van der Waals surface area contributed by atoms with Crippen LogP contribution in [0.3, 0.4) is 0 Å². The van der Waals surface area contributed by atoms with Crippen molar-refractivity contribution < 1.29 is 17.3 Å². The second kappa shape index (κ2) is 3.03.